The topological polar surface area (TPSA) is 36.9 Å². The first kappa shape index (κ1) is 18.0. The average Bonchev–Trinajstić information content (AvgIpc) is 2.30. The van der Waals surface area contributed by atoms with Crippen LogP contribution in [0.25, 0.3) is 0 Å². The van der Waals surface area contributed by atoms with Gasteiger partial charge in [0.05, 0.1) is 0 Å². The Kier molecular flexibility index (Phi) is 12.1. The van der Waals surface area contributed by atoms with E-state index in [0.717, 1.165) is 0 Å². The van der Waals surface area contributed by atoms with Gasteiger partial charge in [0, 0.05) is 26.4 Å². The Morgan fingerprint density at radius 3 is 1.28 bits per heavy atom. The highest BCUT2D eigenvalue weighted by Gasteiger charge is 2.16. The highest BCUT2D eigenvalue weighted by Crippen LogP contribution is 2.03. The molecule has 0 spiro atoms. The molecule has 0 rings (SSSR count). The van der Waals surface area contributed by atoms with Crippen molar-refractivity contribution in [3.8, 4) is 0 Å². The minimum atomic E-state index is -0.586. The molecule has 0 aromatic heterocycles. The van der Waals surface area contributed by atoms with Gasteiger partial charge in [-0.1, -0.05) is 4.82 Å². The minimum absolute atomic E-state index is 0.0381. The van der Waals surface area contributed by atoms with Gasteiger partial charge >= 0.3 is 0 Å². The van der Waals surface area contributed by atoms with Gasteiger partial charge in [0.15, 0.2) is 0 Å². The molecule has 108 valence electrons. The fourth-order valence-electron chi connectivity index (χ4n) is 1.63. The molecule has 0 atom stereocenters. The quantitative estimate of drug-likeness (QED) is 0.388. The predicted molar refractivity (Wildman–Crippen MR) is 80.3 cm³/mol. The zero-order valence-corrected chi connectivity index (χ0v) is 15.1. The van der Waals surface area contributed by atoms with Gasteiger partial charge in [-0.2, -0.15) is 0 Å². The fraction of sp³-hybridized carbons (Fsp3) is 0.833. The lowest BCUT2D eigenvalue weighted by molar-refractivity contribution is -0.0835. The smallest absolute Gasteiger partial charge is 0.138 e. The zero-order chi connectivity index (χ0) is 13.8. The molecule has 0 fully saturated rings. The summed E-state index contributed by atoms with van der Waals surface area (Å²) in [7, 11) is -1.17. The van der Waals surface area contributed by atoms with E-state index in [4.69, 9.17) is 18.9 Å². The number of hydrogen-bond acceptors (Lipinski definition) is 4. The van der Waals surface area contributed by atoms with Gasteiger partial charge in [0.25, 0.3) is 0 Å². The maximum Gasteiger partial charge on any atom is 0.138 e. The summed E-state index contributed by atoms with van der Waals surface area (Å²) in [5, 5.41) is 0. The number of hydrogen-bond donors (Lipinski definition) is 0. The predicted octanol–water partition coefficient (Wildman–Crippen LogP) is 0.508. The highest BCUT2D eigenvalue weighted by atomic mass is 28.3. The summed E-state index contributed by atoms with van der Waals surface area (Å²) in [6.07, 6.45) is 0. The van der Waals surface area contributed by atoms with Gasteiger partial charge in [-0.25, -0.2) is 0 Å². The lowest BCUT2D eigenvalue weighted by Gasteiger charge is -2.21. The summed E-state index contributed by atoms with van der Waals surface area (Å²) in [6.45, 7) is 14.9. The van der Waals surface area contributed by atoms with Crippen LogP contribution in [0.1, 0.15) is 27.7 Å². The highest BCUT2D eigenvalue weighted by molar-refractivity contribution is 6.70. The van der Waals surface area contributed by atoms with Crippen LogP contribution in [0, 0.1) is 0 Å². The van der Waals surface area contributed by atoms with Crippen molar-refractivity contribution >= 4 is 19.0 Å². The van der Waals surface area contributed by atoms with Crippen molar-refractivity contribution < 1.29 is 18.9 Å². The van der Waals surface area contributed by atoms with Gasteiger partial charge in [0.1, 0.15) is 30.9 Å². The van der Waals surface area contributed by atoms with E-state index in [0.29, 0.717) is 26.4 Å². The molecule has 4 nitrogen and oxygen atoms in total. The molecular weight excluding hydrogens is 264 g/mol. The molecule has 0 bridgehead atoms. The SMILES string of the molecule is C=C([SiH2]C(OCC)OCC)[SiH2]C(OCC)OCC. The molecule has 0 saturated carbocycles. The van der Waals surface area contributed by atoms with Crippen LogP contribution in [-0.4, -0.2) is 57.3 Å². The van der Waals surface area contributed by atoms with E-state index >= 15 is 0 Å². The molecule has 0 aromatic carbocycles. The molecule has 0 aliphatic carbocycles. The molecule has 0 radical (unpaired) electrons. The second-order valence-corrected chi connectivity index (χ2v) is 8.99. The molecule has 6 heteroatoms. The molecule has 0 aromatic rings. The molecule has 0 saturated heterocycles. The van der Waals surface area contributed by atoms with Crippen LogP contribution in [0.2, 0.25) is 0 Å². The van der Waals surface area contributed by atoms with Crippen LogP contribution in [0.4, 0.5) is 0 Å². The molecule has 0 amide bonds. The molecule has 18 heavy (non-hydrogen) atoms. The first-order chi connectivity index (χ1) is 8.67. The summed E-state index contributed by atoms with van der Waals surface area (Å²) in [5.41, 5.74) is 0. The van der Waals surface area contributed by atoms with Crippen molar-refractivity contribution in [1.82, 2.24) is 0 Å². The number of ether oxygens (including phenoxy) is 4. The first-order valence-corrected chi connectivity index (χ1v) is 9.85. The zero-order valence-electron chi connectivity index (χ0n) is 12.2. The van der Waals surface area contributed by atoms with E-state index in [2.05, 4.69) is 6.58 Å². The lowest BCUT2D eigenvalue weighted by atomic mass is 10.8. The monoisotopic (exact) mass is 292 g/mol. The fourth-order valence-corrected chi connectivity index (χ4v) is 6.07. The maximum absolute atomic E-state index is 5.57. The third-order valence-corrected chi connectivity index (χ3v) is 6.82. The summed E-state index contributed by atoms with van der Waals surface area (Å²) < 4.78 is 22.3. The van der Waals surface area contributed by atoms with E-state index in [9.17, 15) is 0 Å². The molecule has 0 aliphatic rings. The first-order valence-electron chi connectivity index (χ1n) is 6.80. The number of rotatable bonds is 12. The molecule has 0 aliphatic heterocycles. The molecule has 0 N–H and O–H groups in total. The van der Waals surface area contributed by atoms with Crippen LogP contribution in [0.5, 0.6) is 0 Å². The van der Waals surface area contributed by atoms with Crippen LogP contribution in [0.3, 0.4) is 0 Å². The van der Waals surface area contributed by atoms with Crippen molar-refractivity contribution in [2.75, 3.05) is 26.4 Å². The van der Waals surface area contributed by atoms with E-state index in [1.54, 1.807) is 0 Å². The van der Waals surface area contributed by atoms with Crippen LogP contribution < -0.4 is 0 Å². The molecular formula is C12H28O4Si2. The van der Waals surface area contributed by atoms with Gasteiger partial charge in [-0.15, -0.1) is 6.58 Å². The Balaban J connectivity index is 4.09. The van der Waals surface area contributed by atoms with E-state index in [1.165, 1.54) is 4.82 Å². The largest absolute Gasteiger partial charge is 0.357 e. The van der Waals surface area contributed by atoms with Crippen molar-refractivity contribution in [2.24, 2.45) is 0 Å². The van der Waals surface area contributed by atoms with Crippen LogP contribution >= 0.6 is 0 Å². The van der Waals surface area contributed by atoms with Crippen LogP contribution in [-0.2, 0) is 18.9 Å². The van der Waals surface area contributed by atoms with Crippen molar-refractivity contribution in [3.63, 3.8) is 0 Å². The Morgan fingerprint density at radius 2 is 1.06 bits per heavy atom. The third-order valence-electron chi connectivity index (χ3n) is 2.32. The Morgan fingerprint density at radius 1 is 0.778 bits per heavy atom. The standard InChI is InChI=1S/C12H28O4Si2/c1-6-13-11(14-7-2)17-10(5)18-12(15-8-3)16-9-4/h11-12H,5-9,17-18H2,1-4H3. The average molecular weight is 293 g/mol. The van der Waals surface area contributed by atoms with Gasteiger partial charge in [0.2, 0.25) is 0 Å². The van der Waals surface area contributed by atoms with Crippen molar-refractivity contribution in [3.05, 3.63) is 11.4 Å². The molecule has 0 unspecified atom stereocenters. The van der Waals surface area contributed by atoms with Gasteiger partial charge < -0.3 is 18.9 Å². The van der Waals surface area contributed by atoms with Crippen LogP contribution in [0.15, 0.2) is 11.4 Å². The normalized spacial score (nSPS) is 12.8. The van der Waals surface area contributed by atoms with E-state index in [-0.39, 0.29) is 11.8 Å². The molecule has 0 heterocycles. The minimum Gasteiger partial charge on any atom is -0.357 e. The van der Waals surface area contributed by atoms with Crippen molar-refractivity contribution in [2.45, 2.75) is 39.5 Å². The maximum atomic E-state index is 5.57. The Hall–Kier alpha value is 0.0138. The van der Waals surface area contributed by atoms with Gasteiger partial charge in [-0.05, 0) is 27.7 Å². The summed E-state index contributed by atoms with van der Waals surface area (Å²) in [5.74, 6) is -0.0761. The Labute approximate surface area is 116 Å². The second kappa shape index (κ2) is 12.1. The summed E-state index contributed by atoms with van der Waals surface area (Å²) >= 11 is 0. The van der Waals surface area contributed by atoms with Crippen molar-refractivity contribution in [1.29, 1.82) is 0 Å². The third kappa shape index (κ3) is 9.01. The Bertz CT molecular complexity index is 182. The van der Waals surface area contributed by atoms with E-state index < -0.39 is 19.0 Å². The summed E-state index contributed by atoms with van der Waals surface area (Å²) in [4.78, 5) is 1.30. The van der Waals surface area contributed by atoms with E-state index in [1.807, 2.05) is 27.7 Å². The van der Waals surface area contributed by atoms with Gasteiger partial charge in [-0.3, -0.25) is 0 Å². The lowest BCUT2D eigenvalue weighted by Crippen LogP contribution is -2.33. The summed E-state index contributed by atoms with van der Waals surface area (Å²) in [6, 6.07) is 0. The second-order valence-electron chi connectivity index (χ2n) is 3.84.